The number of thiophene rings is 1. The Bertz CT molecular complexity index is 3160. The smallest absolute Gasteiger partial charge is 0.0722 e. The zero-order valence-corrected chi connectivity index (χ0v) is 31.2. The van der Waals surface area contributed by atoms with Gasteiger partial charge in [0.2, 0.25) is 0 Å². The number of para-hydroxylation sites is 1. The number of fused-ring (bicyclic) bond motifs is 6. The summed E-state index contributed by atoms with van der Waals surface area (Å²) in [5, 5.41) is 4.95. The third kappa shape index (κ3) is 5.36. The van der Waals surface area contributed by atoms with Crippen molar-refractivity contribution in [2.45, 2.75) is 0 Å². The normalized spacial score (nSPS) is 11.6. The second kappa shape index (κ2) is 13.3. The Hall–Kier alpha value is -7.07. The van der Waals surface area contributed by atoms with Crippen molar-refractivity contribution in [3.8, 4) is 61.6 Å². The fraction of sp³-hybridized carbons (Fsp3) is 0. The Morgan fingerprint density at radius 2 is 0.929 bits per heavy atom. The third-order valence-corrected chi connectivity index (χ3v) is 12.2. The van der Waals surface area contributed by atoms with Gasteiger partial charge < -0.3 is 4.57 Å². The van der Waals surface area contributed by atoms with Crippen LogP contribution in [0.2, 0.25) is 0 Å². The number of benzene rings is 8. The quantitative estimate of drug-likeness (QED) is 0.167. The zero-order chi connectivity index (χ0) is 37.0. The SMILES string of the molecule is c1ccc(-c2cc(-c3ccccc3)nc(-c3ccc(-n4c5ccccc5c5cc(-c6ccccc6)cc(-c6ccccc6)c54)c4sc5ccccc5c34)c2)cc1. The van der Waals surface area contributed by atoms with Crippen molar-refractivity contribution in [2.24, 2.45) is 0 Å². The van der Waals surface area contributed by atoms with Gasteiger partial charge in [-0.3, -0.25) is 0 Å². The molecule has 3 heteroatoms. The first kappa shape index (κ1) is 32.4. The number of hydrogen-bond donors (Lipinski definition) is 0. The Morgan fingerprint density at radius 3 is 1.62 bits per heavy atom. The van der Waals surface area contributed by atoms with Crippen molar-refractivity contribution in [1.29, 1.82) is 0 Å². The lowest BCUT2D eigenvalue weighted by Gasteiger charge is -2.16. The molecule has 0 spiro atoms. The second-order valence-corrected chi connectivity index (χ2v) is 15.3. The van der Waals surface area contributed by atoms with E-state index in [1.165, 1.54) is 75.5 Å². The molecular formula is C53H34N2S. The molecule has 0 saturated carbocycles. The lowest BCUT2D eigenvalue weighted by molar-refractivity contribution is 1.20. The summed E-state index contributed by atoms with van der Waals surface area (Å²) in [4.78, 5) is 5.42. The van der Waals surface area contributed by atoms with Gasteiger partial charge in [0.15, 0.2) is 0 Å². The summed E-state index contributed by atoms with van der Waals surface area (Å²) in [5.41, 5.74) is 14.9. The minimum absolute atomic E-state index is 0.961. The molecule has 0 fully saturated rings. The van der Waals surface area contributed by atoms with Gasteiger partial charge in [-0.05, 0) is 76.3 Å². The molecule has 0 amide bonds. The predicted octanol–water partition coefficient (Wildman–Crippen LogP) is 14.9. The summed E-state index contributed by atoms with van der Waals surface area (Å²) >= 11 is 1.87. The Balaban J connectivity index is 1.23. The highest BCUT2D eigenvalue weighted by Crippen LogP contribution is 2.47. The largest absolute Gasteiger partial charge is 0.307 e. The van der Waals surface area contributed by atoms with Crippen LogP contribution in [0, 0.1) is 0 Å². The first-order chi connectivity index (χ1) is 27.8. The molecular weight excluding hydrogens is 697 g/mol. The minimum Gasteiger partial charge on any atom is -0.307 e. The average molecular weight is 731 g/mol. The van der Waals surface area contributed by atoms with Crippen molar-refractivity contribution in [3.63, 3.8) is 0 Å². The molecule has 0 aliphatic heterocycles. The molecule has 56 heavy (non-hydrogen) atoms. The van der Waals surface area contributed by atoms with E-state index in [1.807, 2.05) is 11.3 Å². The van der Waals surface area contributed by atoms with Crippen LogP contribution < -0.4 is 0 Å². The van der Waals surface area contributed by atoms with Crippen molar-refractivity contribution in [1.82, 2.24) is 9.55 Å². The summed E-state index contributed by atoms with van der Waals surface area (Å²) in [5.74, 6) is 0. The van der Waals surface area contributed by atoms with E-state index in [2.05, 4.69) is 211 Å². The molecule has 3 heterocycles. The molecule has 0 aliphatic carbocycles. The summed E-state index contributed by atoms with van der Waals surface area (Å²) in [7, 11) is 0. The Labute approximate surface area is 329 Å². The maximum absolute atomic E-state index is 5.42. The van der Waals surface area contributed by atoms with Crippen LogP contribution in [0.3, 0.4) is 0 Å². The van der Waals surface area contributed by atoms with Gasteiger partial charge in [0.25, 0.3) is 0 Å². The molecule has 2 nitrogen and oxygen atoms in total. The molecule has 0 N–H and O–H groups in total. The molecule has 0 aliphatic rings. The molecule has 0 unspecified atom stereocenters. The minimum atomic E-state index is 0.961. The van der Waals surface area contributed by atoms with Crippen molar-refractivity contribution in [2.75, 3.05) is 0 Å². The van der Waals surface area contributed by atoms with Crippen LogP contribution in [0.5, 0.6) is 0 Å². The van der Waals surface area contributed by atoms with Crippen LogP contribution in [0.15, 0.2) is 206 Å². The monoisotopic (exact) mass is 730 g/mol. The molecule has 0 radical (unpaired) electrons. The molecule has 0 atom stereocenters. The van der Waals surface area contributed by atoms with Gasteiger partial charge in [-0.1, -0.05) is 158 Å². The maximum Gasteiger partial charge on any atom is 0.0722 e. The Kier molecular flexibility index (Phi) is 7.72. The number of pyridine rings is 1. The van der Waals surface area contributed by atoms with Crippen LogP contribution in [0.25, 0.3) is 104 Å². The van der Waals surface area contributed by atoms with E-state index in [4.69, 9.17) is 4.98 Å². The molecule has 11 rings (SSSR count). The molecule has 11 aromatic rings. The fourth-order valence-electron chi connectivity index (χ4n) is 8.41. The van der Waals surface area contributed by atoms with E-state index in [1.54, 1.807) is 0 Å². The number of rotatable bonds is 6. The fourth-order valence-corrected chi connectivity index (χ4v) is 9.64. The van der Waals surface area contributed by atoms with E-state index < -0.39 is 0 Å². The number of aromatic nitrogens is 2. The molecule has 3 aromatic heterocycles. The van der Waals surface area contributed by atoms with Crippen molar-refractivity contribution in [3.05, 3.63) is 206 Å². The summed E-state index contributed by atoms with van der Waals surface area (Å²) in [6.07, 6.45) is 0. The topological polar surface area (TPSA) is 17.8 Å². The van der Waals surface area contributed by atoms with E-state index in [0.717, 1.165) is 28.1 Å². The van der Waals surface area contributed by atoms with Gasteiger partial charge in [0.05, 0.1) is 32.8 Å². The predicted molar refractivity (Wildman–Crippen MR) is 239 cm³/mol. The molecule has 262 valence electrons. The van der Waals surface area contributed by atoms with E-state index in [9.17, 15) is 0 Å². The Morgan fingerprint density at radius 1 is 0.375 bits per heavy atom. The highest BCUT2D eigenvalue weighted by Gasteiger charge is 2.23. The molecule has 0 saturated heterocycles. The second-order valence-electron chi connectivity index (χ2n) is 14.3. The first-order valence-corrected chi connectivity index (χ1v) is 19.9. The van der Waals surface area contributed by atoms with Crippen LogP contribution in [0.4, 0.5) is 0 Å². The first-order valence-electron chi connectivity index (χ1n) is 19.0. The van der Waals surface area contributed by atoms with Crippen molar-refractivity contribution >= 4 is 53.3 Å². The highest BCUT2D eigenvalue weighted by molar-refractivity contribution is 7.26. The van der Waals surface area contributed by atoms with Gasteiger partial charge in [-0.25, -0.2) is 4.98 Å². The van der Waals surface area contributed by atoms with Crippen LogP contribution in [0.1, 0.15) is 0 Å². The number of nitrogens with zero attached hydrogens (tertiary/aromatic N) is 2. The highest BCUT2D eigenvalue weighted by atomic mass is 32.1. The average Bonchev–Trinajstić information content (AvgIpc) is 3.83. The van der Waals surface area contributed by atoms with Crippen LogP contribution in [-0.4, -0.2) is 9.55 Å². The van der Waals surface area contributed by atoms with E-state index >= 15 is 0 Å². The lowest BCUT2D eigenvalue weighted by atomic mass is 9.95. The van der Waals surface area contributed by atoms with Gasteiger partial charge in [-0.2, -0.15) is 0 Å². The molecule has 8 aromatic carbocycles. The van der Waals surface area contributed by atoms with Gasteiger partial charge in [0.1, 0.15) is 0 Å². The van der Waals surface area contributed by atoms with E-state index in [0.29, 0.717) is 0 Å². The summed E-state index contributed by atoms with van der Waals surface area (Å²) < 4.78 is 5.02. The summed E-state index contributed by atoms with van der Waals surface area (Å²) in [6, 6.07) is 74.4. The van der Waals surface area contributed by atoms with Gasteiger partial charge in [0, 0.05) is 42.9 Å². The van der Waals surface area contributed by atoms with Crippen molar-refractivity contribution < 1.29 is 0 Å². The van der Waals surface area contributed by atoms with Crippen LogP contribution in [-0.2, 0) is 0 Å². The lowest BCUT2D eigenvalue weighted by Crippen LogP contribution is -1.98. The zero-order valence-electron chi connectivity index (χ0n) is 30.4. The maximum atomic E-state index is 5.42. The van der Waals surface area contributed by atoms with Gasteiger partial charge in [-0.15, -0.1) is 11.3 Å². The van der Waals surface area contributed by atoms with Gasteiger partial charge >= 0.3 is 0 Å². The van der Waals surface area contributed by atoms with E-state index in [-0.39, 0.29) is 0 Å². The number of hydrogen-bond acceptors (Lipinski definition) is 2. The van der Waals surface area contributed by atoms with Crippen LogP contribution >= 0.6 is 11.3 Å². The summed E-state index contributed by atoms with van der Waals surface area (Å²) in [6.45, 7) is 0. The standard InChI is InChI=1S/C53H34N2S/c1-5-17-35(18-6-1)39-31-44(37-21-9-3-10-22-37)52-45(32-39)41-25-13-15-27-48(41)55(52)49-30-29-42(51-43-26-14-16-28-50(43)56-53(49)51)47-34-40(36-19-7-2-8-20-36)33-46(54-47)38-23-11-4-12-24-38/h1-34H. The molecule has 0 bridgehead atoms. The third-order valence-electron chi connectivity index (χ3n) is 11.0.